The zero-order valence-electron chi connectivity index (χ0n) is 16.5. The molecule has 3 aromatic rings. The molecule has 4 heterocycles. The topological polar surface area (TPSA) is 102 Å². The van der Waals surface area contributed by atoms with Crippen LogP contribution < -0.4 is 10.6 Å². The highest BCUT2D eigenvalue weighted by atomic mass is 16.5. The van der Waals surface area contributed by atoms with E-state index in [0.29, 0.717) is 24.6 Å². The van der Waals surface area contributed by atoms with E-state index in [9.17, 15) is 5.11 Å². The third-order valence-electron chi connectivity index (χ3n) is 6.22. The van der Waals surface area contributed by atoms with Gasteiger partial charge in [0.1, 0.15) is 5.82 Å². The molecule has 29 heavy (non-hydrogen) atoms. The molecule has 2 atom stereocenters. The summed E-state index contributed by atoms with van der Waals surface area (Å²) < 4.78 is 8.31. The van der Waals surface area contributed by atoms with Crippen molar-refractivity contribution in [1.82, 2.24) is 19.7 Å². The number of aliphatic hydroxyl groups excluding tert-OH is 1. The van der Waals surface area contributed by atoms with E-state index >= 15 is 0 Å². The highest BCUT2D eigenvalue weighted by Crippen LogP contribution is 2.43. The summed E-state index contributed by atoms with van der Waals surface area (Å²) in [6.07, 6.45) is 4.24. The van der Waals surface area contributed by atoms with Crippen molar-refractivity contribution in [3.05, 3.63) is 42.1 Å². The molecule has 152 valence electrons. The number of hydrogen-bond acceptors (Lipinski definition) is 7. The SMILES string of the molecule is Cn1ncc2c(N)nc(N3CCC4(CC3)C[C@@H](O)C[C@H](c3ccccc3)O4)nc21. The van der Waals surface area contributed by atoms with Gasteiger partial charge in [-0.1, -0.05) is 30.3 Å². The summed E-state index contributed by atoms with van der Waals surface area (Å²) in [6, 6.07) is 10.2. The van der Waals surface area contributed by atoms with Gasteiger partial charge in [-0.25, -0.2) is 0 Å². The summed E-state index contributed by atoms with van der Waals surface area (Å²) in [6.45, 7) is 1.52. The van der Waals surface area contributed by atoms with Crippen LogP contribution in [0.15, 0.2) is 36.5 Å². The second-order valence-electron chi connectivity index (χ2n) is 8.20. The van der Waals surface area contributed by atoms with Crippen molar-refractivity contribution in [3.63, 3.8) is 0 Å². The summed E-state index contributed by atoms with van der Waals surface area (Å²) in [5.41, 5.74) is 7.68. The number of nitrogen functional groups attached to an aromatic ring is 1. The molecular formula is C21H26N6O2. The van der Waals surface area contributed by atoms with Crippen LogP contribution in [-0.2, 0) is 11.8 Å². The Balaban J connectivity index is 1.35. The molecule has 2 fully saturated rings. The largest absolute Gasteiger partial charge is 0.393 e. The Morgan fingerprint density at radius 1 is 1.17 bits per heavy atom. The number of aryl methyl sites for hydroxylation is 1. The maximum Gasteiger partial charge on any atom is 0.229 e. The van der Waals surface area contributed by atoms with Crippen molar-refractivity contribution in [1.29, 1.82) is 0 Å². The predicted octanol–water partition coefficient (Wildman–Crippen LogP) is 2.20. The molecule has 8 nitrogen and oxygen atoms in total. The second-order valence-corrected chi connectivity index (χ2v) is 8.20. The van der Waals surface area contributed by atoms with E-state index in [1.54, 1.807) is 10.9 Å². The molecule has 0 aliphatic carbocycles. The summed E-state index contributed by atoms with van der Waals surface area (Å²) >= 11 is 0. The van der Waals surface area contributed by atoms with Gasteiger partial charge in [0.25, 0.3) is 0 Å². The minimum Gasteiger partial charge on any atom is -0.393 e. The average molecular weight is 394 g/mol. The van der Waals surface area contributed by atoms with Crippen molar-refractivity contribution in [2.24, 2.45) is 7.05 Å². The van der Waals surface area contributed by atoms with Crippen LogP contribution >= 0.6 is 0 Å². The smallest absolute Gasteiger partial charge is 0.229 e. The Morgan fingerprint density at radius 2 is 1.93 bits per heavy atom. The van der Waals surface area contributed by atoms with Crippen LogP contribution in [0, 0.1) is 0 Å². The van der Waals surface area contributed by atoms with E-state index in [1.165, 1.54) is 0 Å². The Bertz CT molecular complexity index is 1010. The average Bonchev–Trinajstić information content (AvgIpc) is 3.10. The van der Waals surface area contributed by atoms with Gasteiger partial charge in [0.15, 0.2) is 5.65 Å². The number of piperidine rings is 1. The van der Waals surface area contributed by atoms with E-state index in [4.69, 9.17) is 10.5 Å². The fraction of sp³-hybridized carbons (Fsp3) is 0.476. The van der Waals surface area contributed by atoms with Gasteiger partial charge in [-0.15, -0.1) is 0 Å². The van der Waals surface area contributed by atoms with E-state index in [1.807, 2.05) is 25.2 Å². The maximum absolute atomic E-state index is 10.6. The number of nitrogens with zero attached hydrogens (tertiary/aromatic N) is 5. The van der Waals surface area contributed by atoms with Gasteiger partial charge < -0.3 is 20.5 Å². The number of fused-ring (bicyclic) bond motifs is 1. The summed E-state index contributed by atoms with van der Waals surface area (Å²) in [5, 5.41) is 15.6. The van der Waals surface area contributed by atoms with Crippen LogP contribution in [0.5, 0.6) is 0 Å². The summed E-state index contributed by atoms with van der Waals surface area (Å²) in [7, 11) is 1.85. The lowest BCUT2D eigenvalue weighted by Crippen LogP contribution is -2.51. The lowest BCUT2D eigenvalue weighted by Gasteiger charge is -2.48. The van der Waals surface area contributed by atoms with Gasteiger partial charge >= 0.3 is 0 Å². The summed E-state index contributed by atoms with van der Waals surface area (Å²) in [4.78, 5) is 11.3. The first-order valence-corrected chi connectivity index (χ1v) is 10.1. The zero-order valence-corrected chi connectivity index (χ0v) is 16.5. The number of hydrogen-bond donors (Lipinski definition) is 2. The van der Waals surface area contributed by atoms with Crippen molar-refractivity contribution >= 4 is 22.8 Å². The van der Waals surface area contributed by atoms with Gasteiger partial charge in [0, 0.05) is 33.0 Å². The molecule has 0 radical (unpaired) electrons. The molecule has 3 N–H and O–H groups in total. The molecule has 0 amide bonds. The van der Waals surface area contributed by atoms with E-state index in [2.05, 4.69) is 32.1 Å². The number of aliphatic hydroxyl groups is 1. The Morgan fingerprint density at radius 3 is 2.69 bits per heavy atom. The molecule has 8 heteroatoms. The minimum atomic E-state index is -0.349. The molecule has 0 unspecified atom stereocenters. The molecule has 1 aromatic carbocycles. The fourth-order valence-corrected chi connectivity index (χ4v) is 4.64. The Kier molecular flexibility index (Phi) is 4.40. The lowest BCUT2D eigenvalue weighted by molar-refractivity contribution is -0.173. The maximum atomic E-state index is 10.6. The van der Waals surface area contributed by atoms with Gasteiger partial charge in [0.2, 0.25) is 5.95 Å². The summed E-state index contributed by atoms with van der Waals surface area (Å²) in [5.74, 6) is 1.08. The first-order chi connectivity index (χ1) is 14.0. The quantitative estimate of drug-likeness (QED) is 0.687. The van der Waals surface area contributed by atoms with Crippen molar-refractivity contribution in [2.45, 2.75) is 43.5 Å². The Hall–Kier alpha value is -2.71. The van der Waals surface area contributed by atoms with Crippen LogP contribution in [-0.4, -0.2) is 49.6 Å². The van der Waals surface area contributed by atoms with E-state index < -0.39 is 0 Å². The van der Waals surface area contributed by atoms with Gasteiger partial charge in [0.05, 0.1) is 29.4 Å². The first kappa shape index (κ1) is 18.3. The normalized spacial score (nSPS) is 24.3. The molecule has 5 rings (SSSR count). The third kappa shape index (κ3) is 3.32. The monoisotopic (exact) mass is 394 g/mol. The van der Waals surface area contributed by atoms with Crippen molar-refractivity contribution < 1.29 is 9.84 Å². The van der Waals surface area contributed by atoms with Gasteiger partial charge in [-0.3, -0.25) is 4.68 Å². The number of benzene rings is 1. The van der Waals surface area contributed by atoms with E-state index in [-0.39, 0.29) is 17.8 Å². The van der Waals surface area contributed by atoms with Crippen LogP contribution in [0.25, 0.3) is 11.0 Å². The highest BCUT2D eigenvalue weighted by Gasteiger charge is 2.44. The standard InChI is InChI=1S/C21H26N6O2/c1-26-19-16(13-23-26)18(22)24-20(25-19)27-9-7-21(8-10-27)12-15(28)11-17(29-21)14-5-3-2-4-6-14/h2-6,13,15,17,28H,7-12H2,1H3,(H2,22,24,25)/t15-,17+/m0/s1. The number of rotatable bonds is 2. The van der Waals surface area contributed by atoms with Crippen molar-refractivity contribution in [2.75, 3.05) is 23.7 Å². The molecule has 2 aliphatic heterocycles. The van der Waals surface area contributed by atoms with Crippen LogP contribution in [0.4, 0.5) is 11.8 Å². The molecule has 0 saturated carbocycles. The number of ether oxygens (including phenoxy) is 1. The van der Waals surface area contributed by atoms with Crippen LogP contribution in [0.2, 0.25) is 0 Å². The highest BCUT2D eigenvalue weighted by molar-refractivity contribution is 5.86. The molecule has 2 saturated heterocycles. The minimum absolute atomic E-state index is 0.0656. The van der Waals surface area contributed by atoms with Crippen LogP contribution in [0.3, 0.4) is 0 Å². The number of anilines is 2. The van der Waals surface area contributed by atoms with Crippen molar-refractivity contribution in [3.8, 4) is 0 Å². The fourth-order valence-electron chi connectivity index (χ4n) is 4.64. The Labute approximate surface area is 169 Å². The molecule has 0 bridgehead atoms. The first-order valence-electron chi connectivity index (χ1n) is 10.1. The van der Waals surface area contributed by atoms with Gasteiger partial charge in [-0.05, 0) is 18.4 Å². The molecule has 2 aromatic heterocycles. The zero-order chi connectivity index (χ0) is 20.0. The number of aromatic nitrogens is 4. The predicted molar refractivity (Wildman–Crippen MR) is 110 cm³/mol. The lowest BCUT2D eigenvalue weighted by atomic mass is 9.81. The van der Waals surface area contributed by atoms with Crippen LogP contribution in [0.1, 0.15) is 37.4 Å². The second kappa shape index (κ2) is 6.96. The van der Waals surface area contributed by atoms with E-state index in [0.717, 1.165) is 42.5 Å². The van der Waals surface area contributed by atoms with Gasteiger partial charge in [-0.2, -0.15) is 15.1 Å². The number of nitrogens with two attached hydrogens (primary N) is 1. The molecular weight excluding hydrogens is 368 g/mol. The molecule has 1 spiro atoms. The molecule has 2 aliphatic rings. The third-order valence-corrected chi connectivity index (χ3v) is 6.22.